The summed E-state index contributed by atoms with van der Waals surface area (Å²) in [4.78, 5) is 0. The van der Waals surface area contributed by atoms with E-state index in [2.05, 4.69) is 114 Å². The molecule has 0 aliphatic carbocycles. The van der Waals surface area contributed by atoms with Gasteiger partial charge in [0.05, 0.1) is 0 Å². The van der Waals surface area contributed by atoms with Gasteiger partial charge in [-0.05, 0) is 36.5 Å². The minimum absolute atomic E-state index is 0. The second-order valence-corrected chi connectivity index (χ2v) is 15.2. The van der Waals surface area contributed by atoms with Gasteiger partial charge in [-0.25, -0.2) is 0 Å². The van der Waals surface area contributed by atoms with Gasteiger partial charge in [0.1, 0.15) is 0 Å². The summed E-state index contributed by atoms with van der Waals surface area (Å²) < 4.78 is 0. The van der Waals surface area contributed by atoms with Crippen LogP contribution in [0.5, 0.6) is 0 Å². The van der Waals surface area contributed by atoms with Crippen molar-refractivity contribution in [2.75, 3.05) is 12.3 Å². The van der Waals surface area contributed by atoms with Crippen molar-refractivity contribution in [2.45, 2.75) is 78.5 Å². The van der Waals surface area contributed by atoms with Crippen LogP contribution in [0.4, 0.5) is 0 Å². The van der Waals surface area contributed by atoms with E-state index in [9.17, 15) is 0 Å². The molecule has 0 amide bonds. The molecule has 2 unspecified atom stereocenters. The van der Waals surface area contributed by atoms with Crippen LogP contribution in [0.2, 0.25) is 0 Å². The summed E-state index contributed by atoms with van der Waals surface area (Å²) in [5.74, 6) is 0. The molecule has 200 valence electrons. The molecule has 37 heavy (non-hydrogen) atoms. The molecule has 0 aliphatic rings. The van der Waals surface area contributed by atoms with E-state index in [1.165, 1.54) is 59.6 Å². The Bertz CT molecular complexity index is 1050. The average Bonchev–Trinajstić information content (AvgIpc) is 3.48. The zero-order chi connectivity index (χ0) is 24.5. The average molecular weight is 740 g/mol. The third kappa shape index (κ3) is 10.1. The minimum Gasteiger partial charge on any atom is -1.00 e. The van der Waals surface area contributed by atoms with Gasteiger partial charge in [-0.15, -0.1) is 80.7 Å². The molecule has 0 aromatic heterocycles. The van der Waals surface area contributed by atoms with Gasteiger partial charge in [0.2, 0.25) is 0 Å². The van der Waals surface area contributed by atoms with Crippen LogP contribution >= 0.6 is 15.8 Å². The van der Waals surface area contributed by atoms with E-state index in [4.69, 9.17) is 0 Å². The van der Waals surface area contributed by atoms with Gasteiger partial charge in [-0.2, -0.15) is 12.1 Å². The fourth-order valence-electron chi connectivity index (χ4n) is 4.85. The predicted molar refractivity (Wildman–Crippen MR) is 162 cm³/mol. The van der Waals surface area contributed by atoms with Gasteiger partial charge in [-0.3, -0.25) is 0 Å². The fraction of sp³-hybridized carbons (Fsp3) is 0.438. The van der Waals surface area contributed by atoms with Crippen molar-refractivity contribution in [1.29, 1.82) is 0 Å². The second kappa shape index (κ2) is 19.1. The van der Waals surface area contributed by atoms with E-state index in [1.54, 1.807) is 10.6 Å². The van der Waals surface area contributed by atoms with Crippen molar-refractivity contribution >= 4 is 48.0 Å². The van der Waals surface area contributed by atoms with Crippen molar-refractivity contribution in [2.24, 2.45) is 0 Å². The van der Waals surface area contributed by atoms with E-state index < -0.39 is 0 Å². The summed E-state index contributed by atoms with van der Waals surface area (Å²) in [5, 5.41) is 8.86. The summed E-state index contributed by atoms with van der Waals surface area (Å²) in [6, 6.07) is 27.1. The predicted octanol–water partition coefficient (Wildman–Crippen LogP) is 3.75. The van der Waals surface area contributed by atoms with Crippen LogP contribution in [-0.4, -0.2) is 23.6 Å². The summed E-state index contributed by atoms with van der Waals surface area (Å²) in [7, 11) is 0.0720. The number of hydrogen-bond acceptors (Lipinski definition) is 0. The molecule has 4 aromatic rings. The molecule has 5 heteroatoms. The van der Waals surface area contributed by atoms with Gasteiger partial charge >= 0.3 is 25.8 Å². The van der Waals surface area contributed by atoms with Crippen LogP contribution in [-0.2, 0) is 25.8 Å². The van der Waals surface area contributed by atoms with E-state index in [-0.39, 0.29) is 66.5 Å². The van der Waals surface area contributed by atoms with Crippen LogP contribution in [0.15, 0.2) is 72.8 Å². The minimum atomic E-state index is -0.0252. The molecule has 2 atom stereocenters. The Morgan fingerprint density at radius 2 is 1.05 bits per heavy atom. The van der Waals surface area contributed by atoms with E-state index in [0.717, 1.165) is 11.3 Å². The van der Waals surface area contributed by atoms with E-state index >= 15 is 0 Å². The Balaban J connectivity index is 0.000000651. The smallest absolute Gasteiger partial charge is 1.00 e. The third-order valence-electron chi connectivity index (χ3n) is 6.99. The monoisotopic (exact) mass is 740 g/mol. The molecule has 0 saturated heterocycles. The van der Waals surface area contributed by atoms with Crippen LogP contribution in [0.3, 0.4) is 0 Å². The largest absolute Gasteiger partial charge is 4.00 e. The maximum Gasteiger partial charge on any atom is 4.00 e. The third-order valence-corrected chi connectivity index (χ3v) is 13.4. The summed E-state index contributed by atoms with van der Waals surface area (Å²) in [5.41, 5.74) is 1.65. The Morgan fingerprint density at radius 3 is 1.46 bits per heavy atom. The summed E-state index contributed by atoms with van der Waals surface area (Å²) >= 11 is 0. The first-order valence-corrected chi connectivity index (χ1v) is 16.6. The van der Waals surface area contributed by atoms with Crippen molar-refractivity contribution in [1.82, 2.24) is 0 Å². The molecule has 0 bridgehead atoms. The van der Waals surface area contributed by atoms with Crippen molar-refractivity contribution < 1.29 is 50.7 Å². The molecule has 4 rings (SSSR count). The summed E-state index contributed by atoms with van der Waals surface area (Å²) in [6.45, 7) is 14.1. The Hall–Kier alpha value is -0.0299. The van der Waals surface area contributed by atoms with Crippen LogP contribution < -0.4 is 35.4 Å². The molecular weight excluding hydrogens is 696 g/mol. The first kappa shape index (κ1) is 37.0. The van der Waals surface area contributed by atoms with E-state index in [1.807, 2.05) is 0 Å². The van der Waals surface area contributed by atoms with Crippen molar-refractivity contribution in [3.05, 3.63) is 72.8 Å². The van der Waals surface area contributed by atoms with Gasteiger partial charge in [-0.1, -0.05) is 82.4 Å². The molecule has 0 radical (unpaired) electrons. The van der Waals surface area contributed by atoms with Gasteiger partial charge < -0.3 is 24.8 Å². The SMILES string of the molecule is CCC(C)P(c1cc2ccccc2[cH-]1)C(C)CC.CCCP(CCC)c1cc2ccccc2[cH-]1.[Cl-].[Cl-].[Hf+4]. The molecule has 0 N–H and O–H groups in total. The number of rotatable bonds is 10. The fourth-order valence-corrected chi connectivity index (χ4v) is 10.6. The maximum absolute atomic E-state index is 2.43. The topological polar surface area (TPSA) is 0 Å². The Labute approximate surface area is 260 Å². The number of benzene rings is 2. The zero-order valence-electron chi connectivity index (χ0n) is 23.5. The van der Waals surface area contributed by atoms with Crippen molar-refractivity contribution in [3.63, 3.8) is 0 Å². The molecule has 0 heterocycles. The molecular formula is C32H44Cl2HfP2. The standard InChI is InChI=1S/C17H24P.C15H20P.2ClH.Hf/c1-5-13(3)18(14(4)6-2)17-11-15-9-7-8-10-16(15)12-17;1-3-9-16(10-4-2)15-11-13-7-5-6-8-14(13)12-15;;;/h7-14H,5-6H2,1-4H3;5-8,11-12H,3-4,9-10H2,1-2H3;2*1H;/q2*-1;;;+4/p-2. The zero-order valence-corrected chi connectivity index (χ0v) is 30.4. The molecule has 0 fully saturated rings. The molecule has 0 aliphatic heterocycles. The first-order chi connectivity index (χ1) is 16.5. The Morgan fingerprint density at radius 1 is 0.649 bits per heavy atom. The summed E-state index contributed by atoms with van der Waals surface area (Å²) in [6.07, 6.45) is 7.98. The normalized spacial score (nSPS) is 13.1. The van der Waals surface area contributed by atoms with Crippen molar-refractivity contribution in [3.8, 4) is 0 Å². The second-order valence-electron chi connectivity index (χ2n) is 9.59. The number of halogens is 2. The number of hydrogen-bond donors (Lipinski definition) is 0. The quantitative estimate of drug-likeness (QED) is 0.132. The van der Waals surface area contributed by atoms with Crippen LogP contribution in [0.1, 0.15) is 67.2 Å². The molecule has 0 saturated carbocycles. The van der Waals surface area contributed by atoms with Gasteiger partial charge in [0.25, 0.3) is 0 Å². The number of fused-ring (bicyclic) bond motifs is 2. The van der Waals surface area contributed by atoms with E-state index in [0.29, 0.717) is 0 Å². The first-order valence-electron chi connectivity index (χ1n) is 13.4. The molecule has 0 spiro atoms. The van der Waals surface area contributed by atoms with Crippen LogP contribution in [0.25, 0.3) is 21.5 Å². The molecule has 4 aromatic carbocycles. The van der Waals surface area contributed by atoms with Gasteiger partial charge in [0, 0.05) is 0 Å². The maximum atomic E-state index is 2.43. The van der Waals surface area contributed by atoms with Gasteiger partial charge in [0.15, 0.2) is 0 Å². The molecule has 0 nitrogen and oxygen atoms in total. The van der Waals surface area contributed by atoms with Crippen LogP contribution in [0, 0.1) is 0 Å². The Kier molecular flexibility index (Phi) is 19.1.